The summed E-state index contributed by atoms with van der Waals surface area (Å²) < 4.78 is 5.28. The summed E-state index contributed by atoms with van der Waals surface area (Å²) in [7, 11) is -0.192. The van der Waals surface area contributed by atoms with E-state index in [0.717, 1.165) is 13.0 Å². The highest BCUT2D eigenvalue weighted by atomic mass is 28.2. The standard InChI is InChI=1S/C7H16OSi/c1-4-8-9-6-5-7(2)3/h2,4-6,9H2,1,3H3. The fraction of sp³-hybridized carbons (Fsp3) is 0.714. The molecule has 9 heavy (non-hydrogen) atoms. The van der Waals surface area contributed by atoms with Crippen LogP contribution >= 0.6 is 0 Å². The number of rotatable bonds is 5. The largest absolute Gasteiger partial charge is 0.424 e. The summed E-state index contributed by atoms with van der Waals surface area (Å²) in [5.41, 5.74) is 1.28. The van der Waals surface area contributed by atoms with Crippen LogP contribution in [0.5, 0.6) is 0 Å². The fourth-order valence-electron chi connectivity index (χ4n) is 0.620. The van der Waals surface area contributed by atoms with Crippen LogP contribution in [0, 0.1) is 0 Å². The molecule has 0 aromatic heterocycles. The summed E-state index contributed by atoms with van der Waals surface area (Å²) in [5, 5.41) is 0. The quantitative estimate of drug-likeness (QED) is 0.323. The van der Waals surface area contributed by atoms with Crippen LogP contribution in [0.4, 0.5) is 0 Å². The van der Waals surface area contributed by atoms with Crippen LogP contribution in [-0.2, 0) is 4.43 Å². The van der Waals surface area contributed by atoms with Crippen LogP contribution < -0.4 is 0 Å². The minimum absolute atomic E-state index is 0.192. The molecule has 1 nitrogen and oxygen atoms in total. The molecule has 0 aliphatic carbocycles. The van der Waals surface area contributed by atoms with Gasteiger partial charge in [0.2, 0.25) is 0 Å². The zero-order chi connectivity index (χ0) is 7.11. The third kappa shape index (κ3) is 7.92. The molecule has 0 radical (unpaired) electrons. The van der Waals surface area contributed by atoms with Crippen LogP contribution in [0.25, 0.3) is 0 Å². The second-order valence-electron chi connectivity index (χ2n) is 2.26. The first-order valence-electron chi connectivity index (χ1n) is 3.49. The summed E-state index contributed by atoms with van der Waals surface area (Å²) in [6.45, 7) is 8.83. The zero-order valence-electron chi connectivity index (χ0n) is 6.44. The summed E-state index contributed by atoms with van der Waals surface area (Å²) in [4.78, 5) is 0. The van der Waals surface area contributed by atoms with Gasteiger partial charge in [-0.25, -0.2) is 0 Å². The minimum Gasteiger partial charge on any atom is -0.424 e. The van der Waals surface area contributed by atoms with Crippen molar-refractivity contribution < 1.29 is 4.43 Å². The van der Waals surface area contributed by atoms with Crippen molar-refractivity contribution >= 4 is 9.76 Å². The highest BCUT2D eigenvalue weighted by Gasteiger charge is 1.87. The molecule has 54 valence electrons. The van der Waals surface area contributed by atoms with Crippen molar-refractivity contribution in [2.45, 2.75) is 26.3 Å². The van der Waals surface area contributed by atoms with E-state index in [1.54, 1.807) is 0 Å². The Bertz CT molecular complexity index is 81.0. The van der Waals surface area contributed by atoms with E-state index in [2.05, 4.69) is 13.5 Å². The lowest BCUT2D eigenvalue weighted by Crippen LogP contribution is -1.96. The summed E-state index contributed by atoms with van der Waals surface area (Å²) in [5.74, 6) is 0. The average molecular weight is 144 g/mol. The van der Waals surface area contributed by atoms with E-state index in [1.165, 1.54) is 11.6 Å². The molecule has 0 N–H and O–H groups in total. The predicted octanol–water partition coefficient (Wildman–Crippen LogP) is 1.49. The Labute approximate surface area is 60.1 Å². The topological polar surface area (TPSA) is 9.23 Å². The molecule has 0 fully saturated rings. The Hall–Kier alpha value is -0.0831. The SMILES string of the molecule is C=C(C)CC[SiH2]OCC. The van der Waals surface area contributed by atoms with E-state index in [9.17, 15) is 0 Å². The lowest BCUT2D eigenvalue weighted by Gasteiger charge is -1.98. The van der Waals surface area contributed by atoms with Crippen LogP contribution in [0.1, 0.15) is 20.3 Å². The van der Waals surface area contributed by atoms with E-state index in [0.29, 0.717) is 0 Å². The van der Waals surface area contributed by atoms with Gasteiger partial charge in [-0.2, -0.15) is 0 Å². The lowest BCUT2D eigenvalue weighted by atomic mass is 10.3. The molecule has 0 spiro atoms. The molecule has 0 aromatic rings. The van der Waals surface area contributed by atoms with Gasteiger partial charge in [-0.1, -0.05) is 5.57 Å². The maximum absolute atomic E-state index is 5.28. The smallest absolute Gasteiger partial charge is 0.161 e. The van der Waals surface area contributed by atoms with E-state index in [4.69, 9.17) is 4.43 Å². The molecule has 0 aromatic carbocycles. The molecule has 0 aliphatic rings. The molecule has 0 amide bonds. The van der Waals surface area contributed by atoms with Gasteiger partial charge in [-0.15, -0.1) is 6.58 Å². The Kier molecular flexibility index (Phi) is 5.99. The van der Waals surface area contributed by atoms with Gasteiger partial charge in [-0.3, -0.25) is 0 Å². The second-order valence-corrected chi connectivity index (χ2v) is 3.78. The monoisotopic (exact) mass is 144 g/mol. The highest BCUT2D eigenvalue weighted by molar-refractivity contribution is 6.27. The summed E-state index contributed by atoms with van der Waals surface area (Å²) in [6, 6.07) is 1.25. The van der Waals surface area contributed by atoms with E-state index in [1.807, 2.05) is 6.92 Å². The van der Waals surface area contributed by atoms with Gasteiger partial charge in [0, 0.05) is 6.61 Å². The molecule has 0 saturated heterocycles. The molecule has 2 heteroatoms. The normalized spacial score (nSPS) is 10.9. The van der Waals surface area contributed by atoms with Crippen LogP contribution in [-0.4, -0.2) is 16.4 Å². The Morgan fingerprint density at radius 3 is 2.78 bits per heavy atom. The molecule has 0 heterocycles. The maximum atomic E-state index is 5.28. The molecule has 0 atom stereocenters. The third-order valence-corrected chi connectivity index (χ3v) is 2.44. The van der Waals surface area contributed by atoms with Crippen LogP contribution in [0.3, 0.4) is 0 Å². The number of hydrogen-bond acceptors (Lipinski definition) is 1. The van der Waals surface area contributed by atoms with E-state index < -0.39 is 0 Å². The van der Waals surface area contributed by atoms with Crippen LogP contribution in [0.15, 0.2) is 12.2 Å². The molecule has 0 aliphatic heterocycles. The van der Waals surface area contributed by atoms with Crippen molar-refractivity contribution in [2.24, 2.45) is 0 Å². The second kappa shape index (κ2) is 6.04. The van der Waals surface area contributed by atoms with Gasteiger partial charge < -0.3 is 4.43 Å². The first kappa shape index (κ1) is 8.92. The van der Waals surface area contributed by atoms with Crippen molar-refractivity contribution in [1.29, 1.82) is 0 Å². The zero-order valence-corrected chi connectivity index (χ0v) is 7.86. The minimum atomic E-state index is -0.192. The summed E-state index contributed by atoms with van der Waals surface area (Å²) in [6.07, 6.45) is 1.16. The van der Waals surface area contributed by atoms with Crippen molar-refractivity contribution in [3.8, 4) is 0 Å². The van der Waals surface area contributed by atoms with Gasteiger partial charge in [0.1, 0.15) is 0 Å². The van der Waals surface area contributed by atoms with E-state index >= 15 is 0 Å². The third-order valence-electron chi connectivity index (χ3n) is 1.10. The molecular formula is C7H16OSi. The average Bonchev–Trinajstić information content (AvgIpc) is 1.80. The summed E-state index contributed by atoms with van der Waals surface area (Å²) >= 11 is 0. The van der Waals surface area contributed by atoms with Crippen LogP contribution in [0.2, 0.25) is 6.04 Å². The molecule has 0 unspecified atom stereocenters. The predicted molar refractivity (Wildman–Crippen MR) is 44.4 cm³/mol. The molecule has 0 bridgehead atoms. The maximum Gasteiger partial charge on any atom is 0.161 e. The first-order chi connectivity index (χ1) is 4.27. The first-order valence-corrected chi connectivity index (χ1v) is 5.07. The van der Waals surface area contributed by atoms with Gasteiger partial charge in [0.15, 0.2) is 9.76 Å². The van der Waals surface area contributed by atoms with Crippen molar-refractivity contribution in [2.75, 3.05) is 6.61 Å². The highest BCUT2D eigenvalue weighted by Crippen LogP contribution is 1.99. The Morgan fingerprint density at radius 2 is 2.33 bits per heavy atom. The molecular weight excluding hydrogens is 128 g/mol. The molecule has 0 saturated carbocycles. The lowest BCUT2D eigenvalue weighted by molar-refractivity contribution is 0.360. The van der Waals surface area contributed by atoms with Gasteiger partial charge in [0.05, 0.1) is 0 Å². The molecule has 0 rings (SSSR count). The van der Waals surface area contributed by atoms with Crippen molar-refractivity contribution in [3.05, 3.63) is 12.2 Å². The number of hydrogen-bond donors (Lipinski definition) is 0. The van der Waals surface area contributed by atoms with Gasteiger partial charge in [0.25, 0.3) is 0 Å². The van der Waals surface area contributed by atoms with Crippen molar-refractivity contribution in [1.82, 2.24) is 0 Å². The van der Waals surface area contributed by atoms with Gasteiger partial charge >= 0.3 is 0 Å². The number of allylic oxidation sites excluding steroid dienone is 1. The Balaban J connectivity index is 2.83. The fourth-order valence-corrected chi connectivity index (χ4v) is 1.86. The van der Waals surface area contributed by atoms with Crippen molar-refractivity contribution in [3.63, 3.8) is 0 Å². The van der Waals surface area contributed by atoms with E-state index in [-0.39, 0.29) is 9.76 Å². The Morgan fingerprint density at radius 1 is 1.67 bits per heavy atom. The van der Waals surface area contributed by atoms with Gasteiger partial charge in [-0.05, 0) is 26.3 Å².